The average Bonchev–Trinajstić information content (AvgIpc) is 2.36. The predicted molar refractivity (Wildman–Crippen MR) is 67.9 cm³/mol. The predicted octanol–water partition coefficient (Wildman–Crippen LogP) is 1.77. The number of aliphatic carboxylic acids is 1. The molecule has 100 valence electrons. The normalized spacial score (nSPS) is 10.6. The molecular weight excluding hydrogens is 250 g/mol. The molecule has 0 amide bonds. The van der Waals surface area contributed by atoms with Crippen molar-refractivity contribution in [2.24, 2.45) is 0 Å². The maximum absolute atomic E-state index is 11.1. The molecule has 0 bridgehead atoms. The topological polar surface area (TPSA) is 107 Å². The molecule has 1 rings (SSSR count). The number of rotatable bonds is 4. The molecule has 0 saturated carbocycles. The van der Waals surface area contributed by atoms with Gasteiger partial charge < -0.3 is 10.0 Å². The van der Waals surface area contributed by atoms with Crippen molar-refractivity contribution in [2.45, 2.75) is 19.4 Å². The fourth-order valence-corrected chi connectivity index (χ4v) is 1.44. The number of nitrogens with zero attached hydrogens (tertiary/aromatic N) is 3. The van der Waals surface area contributed by atoms with Crippen LogP contribution in [-0.4, -0.2) is 28.6 Å². The fraction of sp³-hybridized carbons (Fsp3) is 0.333. The number of hydrogen-bond donors (Lipinski definition) is 1. The molecule has 1 aromatic rings. The zero-order valence-electron chi connectivity index (χ0n) is 10.7. The van der Waals surface area contributed by atoms with Gasteiger partial charge in [0.15, 0.2) is 0 Å². The maximum Gasteiger partial charge on any atom is 0.328 e. The van der Waals surface area contributed by atoms with E-state index >= 15 is 0 Å². The van der Waals surface area contributed by atoms with Gasteiger partial charge in [-0.25, -0.2) is 4.79 Å². The van der Waals surface area contributed by atoms with Crippen LogP contribution in [0.2, 0.25) is 0 Å². The van der Waals surface area contributed by atoms with E-state index < -0.39 is 16.4 Å². The van der Waals surface area contributed by atoms with Crippen molar-refractivity contribution < 1.29 is 14.8 Å². The van der Waals surface area contributed by atoms with Crippen molar-refractivity contribution in [2.75, 3.05) is 11.9 Å². The summed E-state index contributed by atoms with van der Waals surface area (Å²) in [5.74, 6) is -1.05. The molecule has 0 radical (unpaired) electrons. The zero-order chi connectivity index (χ0) is 14.8. The first-order valence-corrected chi connectivity index (χ1v) is 5.37. The van der Waals surface area contributed by atoms with Gasteiger partial charge in [-0.3, -0.25) is 10.1 Å². The molecule has 0 atom stereocenters. The summed E-state index contributed by atoms with van der Waals surface area (Å²) in [5, 5.41) is 28.8. The van der Waals surface area contributed by atoms with Crippen LogP contribution in [0.3, 0.4) is 0 Å². The van der Waals surface area contributed by atoms with Gasteiger partial charge in [0, 0.05) is 18.8 Å². The van der Waals surface area contributed by atoms with Crippen LogP contribution < -0.4 is 4.90 Å². The van der Waals surface area contributed by atoms with Gasteiger partial charge in [0.2, 0.25) is 0 Å². The van der Waals surface area contributed by atoms with Crippen LogP contribution in [0.25, 0.3) is 0 Å². The van der Waals surface area contributed by atoms with E-state index in [-0.39, 0.29) is 11.3 Å². The highest BCUT2D eigenvalue weighted by atomic mass is 16.6. The Morgan fingerprint density at radius 1 is 1.53 bits per heavy atom. The van der Waals surface area contributed by atoms with E-state index in [1.54, 1.807) is 6.07 Å². The first kappa shape index (κ1) is 14.4. The molecular formula is C12H13N3O4. The van der Waals surface area contributed by atoms with E-state index in [0.717, 1.165) is 0 Å². The van der Waals surface area contributed by atoms with E-state index in [4.69, 9.17) is 10.4 Å². The van der Waals surface area contributed by atoms with E-state index in [2.05, 4.69) is 0 Å². The summed E-state index contributed by atoms with van der Waals surface area (Å²) in [4.78, 5) is 22.8. The molecule has 0 aliphatic carbocycles. The van der Waals surface area contributed by atoms with Crippen molar-refractivity contribution in [1.29, 1.82) is 5.26 Å². The second-order valence-corrected chi connectivity index (χ2v) is 4.49. The zero-order valence-corrected chi connectivity index (χ0v) is 10.7. The van der Waals surface area contributed by atoms with Gasteiger partial charge in [-0.05, 0) is 26.0 Å². The number of carbonyl (C=O) groups is 1. The Balaban J connectivity index is 3.31. The van der Waals surface area contributed by atoms with Crippen LogP contribution in [0.1, 0.15) is 19.4 Å². The summed E-state index contributed by atoms with van der Waals surface area (Å²) in [5.41, 5.74) is -1.26. The molecule has 7 heteroatoms. The number of nitro groups is 1. The number of anilines is 1. The molecule has 19 heavy (non-hydrogen) atoms. The highest BCUT2D eigenvalue weighted by molar-refractivity contribution is 5.82. The van der Waals surface area contributed by atoms with Gasteiger partial charge in [0.1, 0.15) is 17.2 Å². The molecule has 0 heterocycles. The third kappa shape index (κ3) is 2.63. The molecule has 0 fully saturated rings. The Bertz CT molecular complexity index is 575. The van der Waals surface area contributed by atoms with E-state index in [9.17, 15) is 14.9 Å². The summed E-state index contributed by atoms with van der Waals surface area (Å²) >= 11 is 0. The standard InChI is InChI=1S/C12H13N3O4/c1-12(2,11(16)17)14(3)9-5-4-8(7-13)10(6-9)15(18)19/h4-6H,1-3H3,(H,16,17). The lowest BCUT2D eigenvalue weighted by atomic mass is 10.0. The fourth-order valence-electron chi connectivity index (χ4n) is 1.44. The molecule has 0 aromatic heterocycles. The highest BCUT2D eigenvalue weighted by Crippen LogP contribution is 2.28. The number of benzene rings is 1. The second kappa shape index (κ2) is 4.94. The van der Waals surface area contributed by atoms with Crippen LogP contribution >= 0.6 is 0 Å². The van der Waals surface area contributed by atoms with Crippen LogP contribution in [0.4, 0.5) is 11.4 Å². The Hall–Kier alpha value is -2.62. The van der Waals surface area contributed by atoms with Gasteiger partial charge >= 0.3 is 5.97 Å². The number of hydrogen-bond acceptors (Lipinski definition) is 5. The van der Waals surface area contributed by atoms with Crippen LogP contribution in [0, 0.1) is 21.4 Å². The number of carboxylic acids is 1. The summed E-state index contributed by atoms with van der Waals surface area (Å²) in [6.45, 7) is 2.97. The van der Waals surface area contributed by atoms with Crippen molar-refractivity contribution in [1.82, 2.24) is 0 Å². The van der Waals surface area contributed by atoms with E-state index in [1.807, 2.05) is 0 Å². The number of nitriles is 1. The molecule has 0 unspecified atom stereocenters. The smallest absolute Gasteiger partial charge is 0.328 e. The number of carboxylic acid groups (broad SMARTS) is 1. The minimum absolute atomic E-state index is 0.0599. The van der Waals surface area contributed by atoms with Crippen molar-refractivity contribution in [3.63, 3.8) is 0 Å². The monoisotopic (exact) mass is 263 g/mol. The van der Waals surface area contributed by atoms with Crippen molar-refractivity contribution >= 4 is 17.3 Å². The highest BCUT2D eigenvalue weighted by Gasteiger charge is 2.33. The molecule has 0 saturated heterocycles. The molecule has 0 aliphatic heterocycles. The Kier molecular flexibility index (Phi) is 3.75. The molecule has 0 spiro atoms. The molecule has 1 aromatic carbocycles. The van der Waals surface area contributed by atoms with Gasteiger partial charge in [-0.1, -0.05) is 0 Å². The van der Waals surface area contributed by atoms with Gasteiger partial charge in [0.25, 0.3) is 5.69 Å². The van der Waals surface area contributed by atoms with Crippen molar-refractivity contribution in [3.8, 4) is 6.07 Å². The van der Waals surface area contributed by atoms with Gasteiger partial charge in [-0.2, -0.15) is 5.26 Å². The SMILES string of the molecule is CN(c1ccc(C#N)c([N+](=O)[O-])c1)C(C)(C)C(=O)O. The Labute approximate surface area is 109 Å². The minimum atomic E-state index is -1.22. The Morgan fingerprint density at radius 2 is 2.11 bits per heavy atom. The minimum Gasteiger partial charge on any atom is -0.480 e. The summed E-state index contributed by atoms with van der Waals surface area (Å²) < 4.78 is 0. The Morgan fingerprint density at radius 3 is 2.53 bits per heavy atom. The lowest BCUT2D eigenvalue weighted by Crippen LogP contribution is -2.48. The summed E-state index contributed by atoms with van der Waals surface area (Å²) in [6.07, 6.45) is 0. The summed E-state index contributed by atoms with van der Waals surface area (Å²) in [6, 6.07) is 5.72. The third-order valence-corrected chi connectivity index (χ3v) is 3.05. The first-order chi connectivity index (χ1) is 8.71. The van der Waals surface area contributed by atoms with Crippen LogP contribution in [-0.2, 0) is 4.79 Å². The van der Waals surface area contributed by atoms with E-state index in [1.165, 1.54) is 44.0 Å². The third-order valence-electron chi connectivity index (χ3n) is 3.05. The number of nitro benzene ring substituents is 1. The number of likely N-dealkylation sites (N-methyl/N-ethyl adjacent to an activating group) is 1. The quantitative estimate of drug-likeness (QED) is 0.655. The van der Waals surface area contributed by atoms with Crippen LogP contribution in [0.5, 0.6) is 0 Å². The van der Waals surface area contributed by atoms with Crippen molar-refractivity contribution in [3.05, 3.63) is 33.9 Å². The van der Waals surface area contributed by atoms with Gasteiger partial charge in [0.05, 0.1) is 4.92 Å². The lowest BCUT2D eigenvalue weighted by molar-refractivity contribution is -0.385. The van der Waals surface area contributed by atoms with E-state index in [0.29, 0.717) is 5.69 Å². The van der Waals surface area contributed by atoms with Crippen LogP contribution in [0.15, 0.2) is 18.2 Å². The van der Waals surface area contributed by atoms with Gasteiger partial charge in [-0.15, -0.1) is 0 Å². The largest absolute Gasteiger partial charge is 0.480 e. The average molecular weight is 263 g/mol. The molecule has 1 N–H and O–H groups in total. The summed E-state index contributed by atoms with van der Waals surface area (Å²) in [7, 11) is 1.53. The maximum atomic E-state index is 11.1. The molecule has 7 nitrogen and oxygen atoms in total. The molecule has 0 aliphatic rings. The first-order valence-electron chi connectivity index (χ1n) is 5.37. The lowest BCUT2D eigenvalue weighted by Gasteiger charge is -2.33. The second-order valence-electron chi connectivity index (χ2n) is 4.49.